The first-order valence-electron chi connectivity index (χ1n) is 5.96. The van der Waals surface area contributed by atoms with Crippen molar-refractivity contribution in [2.24, 2.45) is 10.7 Å². The highest BCUT2D eigenvalue weighted by Crippen LogP contribution is 2.19. The second-order valence-corrected chi connectivity index (χ2v) is 5.45. The molecule has 11 heteroatoms. The van der Waals surface area contributed by atoms with Crippen LogP contribution in [0.5, 0.6) is 0 Å². The Morgan fingerprint density at radius 1 is 1.50 bits per heavy atom. The number of hydrogen-bond donors (Lipinski definition) is 2. The molecule has 0 saturated heterocycles. The Balaban J connectivity index is 3.01. The molecule has 0 aliphatic heterocycles. The van der Waals surface area contributed by atoms with Crippen LogP contribution in [0.15, 0.2) is 17.1 Å². The van der Waals surface area contributed by atoms with E-state index in [0.717, 1.165) is 13.1 Å². The molecule has 0 radical (unpaired) electrons. The summed E-state index contributed by atoms with van der Waals surface area (Å²) in [4.78, 5) is 7.22. The Morgan fingerprint density at radius 3 is 2.64 bits per heavy atom. The van der Waals surface area contributed by atoms with Crippen LogP contribution in [-0.4, -0.2) is 46.3 Å². The molecule has 1 aromatic rings. The fourth-order valence-corrected chi connectivity index (χ4v) is 2.62. The maximum absolute atomic E-state index is 13.6. The van der Waals surface area contributed by atoms with Crippen LogP contribution >= 0.6 is 0 Å². The van der Waals surface area contributed by atoms with Crippen LogP contribution in [0.25, 0.3) is 0 Å². The van der Waals surface area contributed by atoms with Gasteiger partial charge in [0.1, 0.15) is 29.2 Å². The van der Waals surface area contributed by atoms with E-state index in [1.807, 2.05) is 0 Å². The lowest BCUT2D eigenvalue weighted by molar-refractivity contribution is -0.130. The number of nitrogens with one attached hydrogen (secondary N) is 1. The van der Waals surface area contributed by atoms with Crippen LogP contribution in [0.2, 0.25) is 0 Å². The van der Waals surface area contributed by atoms with Crippen molar-refractivity contribution in [1.29, 1.82) is 0 Å². The van der Waals surface area contributed by atoms with Gasteiger partial charge in [-0.3, -0.25) is 9.30 Å². The van der Waals surface area contributed by atoms with Crippen molar-refractivity contribution < 1.29 is 21.8 Å². The largest absolute Gasteiger partial charge is 0.407 e. The number of pyridine rings is 1. The molecule has 0 fully saturated rings. The number of nitrogens with zero attached hydrogens (tertiary/aromatic N) is 3. The van der Waals surface area contributed by atoms with Gasteiger partial charge in [-0.1, -0.05) is 0 Å². The summed E-state index contributed by atoms with van der Waals surface area (Å²) in [7, 11) is 0.425. The summed E-state index contributed by atoms with van der Waals surface area (Å²) in [6.07, 6.45) is -4.64. The second-order valence-electron chi connectivity index (χ2n) is 4.07. The van der Waals surface area contributed by atoms with Gasteiger partial charge in [0.05, 0.1) is 11.4 Å². The highest BCUT2D eigenvalue weighted by atomic mass is 32.2. The van der Waals surface area contributed by atoms with Gasteiger partial charge in [0.25, 0.3) is 0 Å². The third-order valence-electron chi connectivity index (χ3n) is 2.49. The van der Waals surface area contributed by atoms with E-state index in [4.69, 9.17) is 5.73 Å². The monoisotopic (exact) mass is 341 g/mol. The zero-order valence-corrected chi connectivity index (χ0v) is 12.6. The fourth-order valence-electron chi connectivity index (χ4n) is 1.45. The standard InChI is InChI=1S/C11H15F4N5OS/c1-17-9-4-3-7(12)8(19-9)5-22(21)20(10(16)18-2)6-11(13,14)15/h3-4H,5-6H2,1-2H3,(H2,16,18)(H,17,19). The van der Waals surface area contributed by atoms with Gasteiger partial charge in [-0.05, 0) is 12.1 Å². The van der Waals surface area contributed by atoms with Crippen molar-refractivity contribution >= 4 is 22.8 Å². The van der Waals surface area contributed by atoms with Gasteiger partial charge in [0, 0.05) is 14.1 Å². The first-order chi connectivity index (χ1) is 10.2. The number of nitrogens with two attached hydrogens (primary N) is 1. The minimum Gasteiger partial charge on any atom is -0.373 e. The molecule has 0 amide bonds. The van der Waals surface area contributed by atoms with Crippen molar-refractivity contribution in [2.75, 3.05) is 26.0 Å². The number of anilines is 1. The zero-order chi connectivity index (χ0) is 16.9. The topological polar surface area (TPSA) is 83.6 Å². The van der Waals surface area contributed by atoms with E-state index in [0.29, 0.717) is 10.1 Å². The maximum atomic E-state index is 13.6. The number of halogens is 4. The van der Waals surface area contributed by atoms with Crippen molar-refractivity contribution in [3.05, 3.63) is 23.6 Å². The smallest absolute Gasteiger partial charge is 0.373 e. The molecule has 0 aliphatic carbocycles. The SMILES string of the molecule is CN=C(N)N(CC(F)(F)F)S(=O)Cc1nc(NC)ccc1F. The van der Waals surface area contributed by atoms with E-state index in [2.05, 4.69) is 15.3 Å². The number of aliphatic imine (C=N–C) groups is 1. The van der Waals surface area contributed by atoms with E-state index in [9.17, 15) is 21.8 Å². The molecule has 1 unspecified atom stereocenters. The normalized spacial score (nSPS) is 13.8. The Hall–Kier alpha value is -1.91. The predicted octanol–water partition coefficient (Wildman–Crippen LogP) is 1.23. The Bertz CT molecular complexity index is 578. The fraction of sp³-hybridized carbons (Fsp3) is 0.455. The van der Waals surface area contributed by atoms with Gasteiger partial charge >= 0.3 is 6.18 Å². The van der Waals surface area contributed by atoms with E-state index in [1.54, 1.807) is 7.05 Å². The van der Waals surface area contributed by atoms with Crippen LogP contribution in [-0.2, 0) is 16.7 Å². The molecular formula is C11H15F4N5OS. The molecule has 1 atom stereocenters. The molecule has 0 aromatic carbocycles. The van der Waals surface area contributed by atoms with Crippen molar-refractivity contribution in [1.82, 2.24) is 9.29 Å². The summed E-state index contributed by atoms with van der Waals surface area (Å²) in [5.41, 5.74) is 5.09. The van der Waals surface area contributed by atoms with E-state index in [1.165, 1.54) is 6.07 Å². The van der Waals surface area contributed by atoms with Crippen LogP contribution < -0.4 is 11.1 Å². The van der Waals surface area contributed by atoms with E-state index >= 15 is 0 Å². The Labute approximate surface area is 127 Å². The number of aromatic nitrogens is 1. The quantitative estimate of drug-likeness (QED) is 0.479. The third-order valence-corrected chi connectivity index (χ3v) is 3.82. The van der Waals surface area contributed by atoms with Gasteiger partial charge in [-0.25, -0.2) is 13.6 Å². The lowest BCUT2D eigenvalue weighted by Crippen LogP contribution is -2.44. The average Bonchev–Trinajstić information content (AvgIpc) is 2.45. The summed E-state index contributed by atoms with van der Waals surface area (Å²) < 4.78 is 63.6. The molecule has 124 valence electrons. The van der Waals surface area contributed by atoms with Crippen LogP contribution in [0.3, 0.4) is 0 Å². The van der Waals surface area contributed by atoms with Crippen LogP contribution in [0.4, 0.5) is 23.4 Å². The molecule has 6 nitrogen and oxygen atoms in total. The van der Waals surface area contributed by atoms with Crippen molar-refractivity contribution in [3.8, 4) is 0 Å². The molecule has 1 heterocycles. The van der Waals surface area contributed by atoms with Gasteiger partial charge in [-0.2, -0.15) is 13.2 Å². The van der Waals surface area contributed by atoms with Crippen LogP contribution in [0, 0.1) is 5.82 Å². The van der Waals surface area contributed by atoms with Gasteiger partial charge < -0.3 is 11.1 Å². The zero-order valence-electron chi connectivity index (χ0n) is 11.8. The van der Waals surface area contributed by atoms with Gasteiger partial charge in [0.2, 0.25) is 5.96 Å². The summed E-state index contributed by atoms with van der Waals surface area (Å²) in [5, 5.41) is 2.65. The van der Waals surface area contributed by atoms with Gasteiger partial charge in [0.15, 0.2) is 0 Å². The van der Waals surface area contributed by atoms with E-state index in [-0.39, 0.29) is 5.69 Å². The van der Waals surface area contributed by atoms with Crippen molar-refractivity contribution in [3.63, 3.8) is 0 Å². The third kappa shape index (κ3) is 5.13. The minimum absolute atomic E-state index is 0.235. The van der Waals surface area contributed by atoms with Crippen molar-refractivity contribution in [2.45, 2.75) is 11.9 Å². The lowest BCUT2D eigenvalue weighted by Gasteiger charge is -2.23. The highest BCUT2D eigenvalue weighted by molar-refractivity contribution is 7.82. The highest BCUT2D eigenvalue weighted by Gasteiger charge is 2.34. The predicted molar refractivity (Wildman–Crippen MR) is 75.9 cm³/mol. The summed E-state index contributed by atoms with van der Waals surface area (Å²) in [5.74, 6) is -1.59. The number of alkyl halides is 3. The average molecular weight is 341 g/mol. The molecule has 0 aliphatic rings. The van der Waals surface area contributed by atoms with Crippen LogP contribution in [0.1, 0.15) is 5.69 Å². The number of hydrogen-bond acceptors (Lipinski definition) is 4. The molecule has 3 N–H and O–H groups in total. The summed E-state index contributed by atoms with van der Waals surface area (Å²) in [6.45, 7) is -1.56. The molecule has 0 bridgehead atoms. The lowest BCUT2D eigenvalue weighted by atomic mass is 10.3. The maximum Gasteiger partial charge on any atom is 0.407 e. The Morgan fingerprint density at radius 2 is 2.14 bits per heavy atom. The summed E-state index contributed by atoms with van der Waals surface area (Å²) in [6, 6.07) is 2.42. The molecule has 22 heavy (non-hydrogen) atoms. The van der Waals surface area contributed by atoms with Gasteiger partial charge in [-0.15, -0.1) is 0 Å². The molecule has 1 aromatic heterocycles. The number of rotatable bonds is 5. The molecule has 0 saturated carbocycles. The molecule has 0 spiro atoms. The molecule has 1 rings (SSSR count). The first-order valence-corrected chi connectivity index (χ1v) is 7.23. The Kier molecular flexibility index (Phi) is 6.09. The summed E-state index contributed by atoms with van der Waals surface area (Å²) >= 11 is 0. The number of guanidine groups is 1. The minimum atomic E-state index is -4.64. The van der Waals surface area contributed by atoms with E-state index < -0.39 is 41.2 Å². The first kappa shape index (κ1) is 18.1. The molecular weight excluding hydrogens is 326 g/mol. The second kappa shape index (κ2) is 7.38.